The first kappa shape index (κ1) is 19.2. The Morgan fingerprint density at radius 3 is 2.59 bits per heavy atom. The second-order valence-electron chi connectivity index (χ2n) is 6.80. The lowest BCUT2D eigenvalue weighted by molar-refractivity contribution is -0.383. The summed E-state index contributed by atoms with van der Waals surface area (Å²) in [6.45, 7) is 4.64. The van der Waals surface area contributed by atoms with Gasteiger partial charge in [0.25, 0.3) is 11.6 Å². The summed E-state index contributed by atoms with van der Waals surface area (Å²) in [4.78, 5) is 39.3. The maximum absolute atomic E-state index is 12.5. The van der Waals surface area contributed by atoms with Crippen molar-refractivity contribution in [2.75, 3.05) is 38.1 Å². The SMILES string of the molecule is C[C@H](C(=O)Nc1ccccc1[N+](=O)[O-])N1CCN(C(=O)[C@H]2CCCO2)CC1. The molecule has 27 heavy (non-hydrogen) atoms. The fourth-order valence-corrected chi connectivity index (χ4v) is 3.45. The van der Waals surface area contributed by atoms with Gasteiger partial charge in [-0.3, -0.25) is 24.6 Å². The van der Waals surface area contributed by atoms with E-state index in [0.29, 0.717) is 32.8 Å². The number of carbonyl (C=O) groups excluding carboxylic acids is 2. The number of carbonyl (C=O) groups is 2. The van der Waals surface area contributed by atoms with Gasteiger partial charge in [-0.05, 0) is 25.8 Å². The van der Waals surface area contributed by atoms with Gasteiger partial charge in [-0.25, -0.2) is 0 Å². The fraction of sp³-hybridized carbons (Fsp3) is 0.556. The molecular weight excluding hydrogens is 352 g/mol. The number of para-hydroxylation sites is 2. The molecular formula is C18H24N4O5. The molecule has 2 aliphatic rings. The number of hydrogen-bond acceptors (Lipinski definition) is 6. The Morgan fingerprint density at radius 1 is 1.26 bits per heavy atom. The van der Waals surface area contributed by atoms with E-state index in [1.807, 2.05) is 4.90 Å². The summed E-state index contributed by atoms with van der Waals surface area (Å²) < 4.78 is 5.45. The first-order chi connectivity index (χ1) is 13.0. The van der Waals surface area contributed by atoms with Crippen LogP contribution in [0.3, 0.4) is 0 Å². The average Bonchev–Trinajstić information content (AvgIpc) is 3.22. The maximum atomic E-state index is 12.5. The summed E-state index contributed by atoms with van der Waals surface area (Å²) in [5, 5.41) is 13.7. The minimum absolute atomic E-state index is 0.0316. The zero-order valence-electron chi connectivity index (χ0n) is 15.3. The first-order valence-corrected chi connectivity index (χ1v) is 9.16. The Bertz CT molecular complexity index is 711. The van der Waals surface area contributed by atoms with Crippen molar-refractivity contribution in [2.45, 2.75) is 31.9 Å². The molecule has 2 aliphatic heterocycles. The lowest BCUT2D eigenvalue weighted by atomic mass is 10.1. The number of nitrogens with one attached hydrogen (secondary N) is 1. The molecule has 2 saturated heterocycles. The number of anilines is 1. The van der Waals surface area contributed by atoms with Crippen molar-refractivity contribution in [3.63, 3.8) is 0 Å². The third-order valence-electron chi connectivity index (χ3n) is 5.12. The van der Waals surface area contributed by atoms with E-state index in [0.717, 1.165) is 12.8 Å². The maximum Gasteiger partial charge on any atom is 0.292 e. The molecule has 0 saturated carbocycles. The van der Waals surface area contributed by atoms with Gasteiger partial charge < -0.3 is 15.0 Å². The van der Waals surface area contributed by atoms with Crippen LogP contribution < -0.4 is 5.32 Å². The van der Waals surface area contributed by atoms with Crippen LogP contribution in [0.25, 0.3) is 0 Å². The normalized spacial score (nSPS) is 21.7. The van der Waals surface area contributed by atoms with Crippen LogP contribution in [-0.2, 0) is 14.3 Å². The standard InChI is InChI=1S/C18H24N4O5/c1-13(17(23)19-14-5-2-3-6-15(14)22(25)26)20-8-10-21(11-9-20)18(24)16-7-4-12-27-16/h2-3,5-6,13,16H,4,7-12H2,1H3,(H,19,23)/t13-,16-/m1/s1. The summed E-state index contributed by atoms with van der Waals surface area (Å²) in [5.74, 6) is -0.271. The van der Waals surface area contributed by atoms with E-state index in [1.165, 1.54) is 12.1 Å². The van der Waals surface area contributed by atoms with Crippen molar-refractivity contribution >= 4 is 23.2 Å². The monoisotopic (exact) mass is 376 g/mol. The van der Waals surface area contributed by atoms with Crippen LogP contribution in [0.1, 0.15) is 19.8 Å². The molecule has 0 bridgehead atoms. The predicted molar refractivity (Wildman–Crippen MR) is 98.3 cm³/mol. The molecule has 2 heterocycles. The van der Waals surface area contributed by atoms with Crippen LogP contribution in [0.5, 0.6) is 0 Å². The third kappa shape index (κ3) is 4.42. The van der Waals surface area contributed by atoms with Crippen LogP contribution in [0.4, 0.5) is 11.4 Å². The highest BCUT2D eigenvalue weighted by Crippen LogP contribution is 2.24. The van der Waals surface area contributed by atoms with Crippen LogP contribution in [0.15, 0.2) is 24.3 Å². The number of piperazine rings is 1. The summed E-state index contributed by atoms with van der Waals surface area (Å²) in [5.41, 5.74) is 0.0524. The van der Waals surface area contributed by atoms with Crippen molar-refractivity contribution in [2.24, 2.45) is 0 Å². The number of ether oxygens (including phenoxy) is 1. The van der Waals surface area contributed by atoms with Crippen LogP contribution >= 0.6 is 0 Å². The highest BCUT2D eigenvalue weighted by atomic mass is 16.6. The second kappa shape index (κ2) is 8.45. The zero-order chi connectivity index (χ0) is 19.4. The van der Waals surface area contributed by atoms with Gasteiger partial charge in [0.05, 0.1) is 11.0 Å². The Hall–Kier alpha value is -2.52. The minimum atomic E-state index is -0.518. The number of rotatable bonds is 5. The summed E-state index contributed by atoms with van der Waals surface area (Å²) in [7, 11) is 0. The van der Waals surface area contributed by atoms with Gasteiger partial charge in [0.1, 0.15) is 11.8 Å². The Labute approximate surface area is 157 Å². The number of benzene rings is 1. The van der Waals surface area contributed by atoms with E-state index >= 15 is 0 Å². The summed E-state index contributed by atoms with van der Waals surface area (Å²) in [6, 6.07) is 5.62. The molecule has 2 amide bonds. The van der Waals surface area contributed by atoms with E-state index in [2.05, 4.69) is 5.32 Å². The molecule has 0 unspecified atom stereocenters. The second-order valence-corrected chi connectivity index (χ2v) is 6.80. The van der Waals surface area contributed by atoms with Gasteiger partial charge in [0, 0.05) is 38.9 Å². The van der Waals surface area contributed by atoms with Crippen molar-refractivity contribution in [3.05, 3.63) is 34.4 Å². The van der Waals surface area contributed by atoms with Gasteiger partial charge >= 0.3 is 0 Å². The van der Waals surface area contributed by atoms with Crippen LogP contribution in [-0.4, -0.2) is 71.5 Å². The molecule has 3 rings (SSSR count). The quantitative estimate of drug-likeness (QED) is 0.612. The zero-order valence-corrected chi connectivity index (χ0v) is 15.3. The van der Waals surface area contributed by atoms with Crippen molar-refractivity contribution in [3.8, 4) is 0 Å². The van der Waals surface area contributed by atoms with Crippen molar-refractivity contribution < 1.29 is 19.2 Å². The van der Waals surface area contributed by atoms with Gasteiger partial charge in [0.15, 0.2) is 0 Å². The summed E-state index contributed by atoms with van der Waals surface area (Å²) >= 11 is 0. The highest BCUT2D eigenvalue weighted by Gasteiger charge is 2.32. The van der Waals surface area contributed by atoms with Crippen LogP contribution in [0.2, 0.25) is 0 Å². The highest BCUT2D eigenvalue weighted by molar-refractivity contribution is 5.96. The lowest BCUT2D eigenvalue weighted by Gasteiger charge is -2.38. The van der Waals surface area contributed by atoms with Crippen molar-refractivity contribution in [1.29, 1.82) is 0 Å². The molecule has 0 aliphatic carbocycles. The Kier molecular flexibility index (Phi) is 6.02. The molecule has 0 radical (unpaired) electrons. The van der Waals surface area contributed by atoms with E-state index in [-0.39, 0.29) is 29.3 Å². The van der Waals surface area contributed by atoms with Crippen molar-refractivity contribution in [1.82, 2.24) is 9.80 Å². The summed E-state index contributed by atoms with van der Waals surface area (Å²) in [6.07, 6.45) is 1.36. The number of hydrogen-bond donors (Lipinski definition) is 1. The molecule has 1 N–H and O–H groups in total. The Morgan fingerprint density at radius 2 is 1.96 bits per heavy atom. The molecule has 1 aromatic carbocycles. The van der Waals surface area contributed by atoms with Crippen LogP contribution in [0, 0.1) is 10.1 Å². The molecule has 9 heteroatoms. The molecule has 9 nitrogen and oxygen atoms in total. The third-order valence-corrected chi connectivity index (χ3v) is 5.12. The van der Waals surface area contributed by atoms with Gasteiger partial charge in [-0.2, -0.15) is 0 Å². The number of nitro groups is 1. The van der Waals surface area contributed by atoms with Gasteiger partial charge in [0.2, 0.25) is 5.91 Å². The molecule has 146 valence electrons. The van der Waals surface area contributed by atoms with E-state index in [1.54, 1.807) is 24.0 Å². The molecule has 1 aromatic rings. The molecule has 2 atom stereocenters. The molecule has 0 spiro atoms. The van der Waals surface area contributed by atoms with Gasteiger partial charge in [-0.15, -0.1) is 0 Å². The fourth-order valence-electron chi connectivity index (χ4n) is 3.45. The predicted octanol–water partition coefficient (Wildman–Crippen LogP) is 1.24. The first-order valence-electron chi connectivity index (χ1n) is 9.16. The van der Waals surface area contributed by atoms with E-state index < -0.39 is 11.0 Å². The minimum Gasteiger partial charge on any atom is -0.368 e. The average molecular weight is 376 g/mol. The largest absolute Gasteiger partial charge is 0.368 e. The Balaban J connectivity index is 1.54. The number of nitrogens with zero attached hydrogens (tertiary/aromatic N) is 3. The lowest BCUT2D eigenvalue weighted by Crippen LogP contribution is -2.55. The smallest absolute Gasteiger partial charge is 0.292 e. The van der Waals surface area contributed by atoms with Gasteiger partial charge in [-0.1, -0.05) is 12.1 Å². The molecule has 2 fully saturated rings. The number of nitro benzene ring substituents is 1. The van der Waals surface area contributed by atoms with E-state index in [4.69, 9.17) is 4.74 Å². The number of amides is 2. The topological polar surface area (TPSA) is 105 Å². The van der Waals surface area contributed by atoms with E-state index in [9.17, 15) is 19.7 Å². The molecule has 0 aromatic heterocycles.